The Morgan fingerprint density at radius 1 is 1.36 bits per heavy atom. The van der Waals surface area contributed by atoms with E-state index in [9.17, 15) is 14.7 Å². The highest BCUT2D eigenvalue weighted by Gasteiger charge is 2.55. The molecule has 1 amide bonds. The van der Waals surface area contributed by atoms with Crippen LogP contribution in [0.15, 0.2) is 24.3 Å². The second-order valence-electron chi connectivity index (χ2n) is 6.51. The minimum atomic E-state index is -0.903. The van der Waals surface area contributed by atoms with Crippen LogP contribution in [0.4, 0.5) is 0 Å². The van der Waals surface area contributed by atoms with Crippen LogP contribution in [0.2, 0.25) is 0 Å². The predicted molar refractivity (Wildman–Crippen MR) is 88.7 cm³/mol. The Balaban J connectivity index is 1.79. The number of carboxylic acids is 1. The van der Waals surface area contributed by atoms with Crippen molar-refractivity contribution < 1.29 is 28.9 Å². The number of hydrogen-bond donors (Lipinski definition) is 1. The Kier molecular flexibility index (Phi) is 5.24. The zero-order valence-electron chi connectivity index (χ0n) is 14.3. The first-order valence-corrected chi connectivity index (χ1v) is 8.39. The van der Waals surface area contributed by atoms with Crippen LogP contribution < -0.4 is 4.74 Å². The van der Waals surface area contributed by atoms with Crippen molar-refractivity contribution >= 4 is 11.9 Å². The van der Waals surface area contributed by atoms with Crippen LogP contribution >= 0.6 is 0 Å². The van der Waals surface area contributed by atoms with Gasteiger partial charge >= 0.3 is 5.97 Å². The molecule has 2 heterocycles. The molecule has 2 aliphatic rings. The van der Waals surface area contributed by atoms with Crippen LogP contribution in [0.3, 0.4) is 0 Å². The fourth-order valence-electron chi connectivity index (χ4n) is 3.63. The molecule has 0 unspecified atom stereocenters. The van der Waals surface area contributed by atoms with Gasteiger partial charge in [0.1, 0.15) is 12.4 Å². The second kappa shape index (κ2) is 7.41. The lowest BCUT2D eigenvalue weighted by molar-refractivity contribution is -0.157. The van der Waals surface area contributed by atoms with Gasteiger partial charge in [-0.3, -0.25) is 9.59 Å². The van der Waals surface area contributed by atoms with Crippen LogP contribution in [0.25, 0.3) is 0 Å². The summed E-state index contributed by atoms with van der Waals surface area (Å²) in [7, 11) is 1.58. The number of carbonyl (C=O) groups excluding carboxylic acids is 1. The number of rotatable bonds is 6. The van der Waals surface area contributed by atoms with E-state index in [2.05, 4.69) is 0 Å². The van der Waals surface area contributed by atoms with E-state index in [1.165, 1.54) is 0 Å². The number of carboxylic acid groups (broad SMARTS) is 1. The summed E-state index contributed by atoms with van der Waals surface area (Å²) >= 11 is 0. The second-order valence-corrected chi connectivity index (χ2v) is 6.51. The average molecular weight is 349 g/mol. The normalized spacial score (nSPS) is 25.5. The van der Waals surface area contributed by atoms with Gasteiger partial charge in [0.05, 0.1) is 24.2 Å². The summed E-state index contributed by atoms with van der Waals surface area (Å²) in [5.74, 6) is -0.743. The van der Waals surface area contributed by atoms with Crippen molar-refractivity contribution in [3.63, 3.8) is 0 Å². The van der Waals surface area contributed by atoms with Crippen molar-refractivity contribution in [2.24, 2.45) is 11.3 Å². The lowest BCUT2D eigenvalue weighted by atomic mass is 9.74. The molecule has 2 aliphatic heterocycles. The molecule has 0 aromatic heterocycles. The first-order chi connectivity index (χ1) is 12.1. The maximum Gasteiger partial charge on any atom is 0.311 e. The Morgan fingerprint density at radius 2 is 2.16 bits per heavy atom. The molecular weight excluding hydrogens is 326 g/mol. The number of amides is 1. The first kappa shape index (κ1) is 17.7. The third kappa shape index (κ3) is 3.34. The Morgan fingerprint density at radius 3 is 2.88 bits per heavy atom. The number of fused-ring (bicyclic) bond motifs is 1. The number of ether oxygens (including phenoxy) is 3. The molecule has 0 aliphatic carbocycles. The number of carbonyl (C=O) groups is 2. The summed E-state index contributed by atoms with van der Waals surface area (Å²) in [5, 5.41) is 9.74. The van der Waals surface area contributed by atoms with E-state index in [4.69, 9.17) is 14.2 Å². The first-order valence-electron chi connectivity index (χ1n) is 8.39. The molecular formula is C18H23NO6. The number of nitrogens with zero attached hydrogens (tertiary/aromatic N) is 1. The van der Waals surface area contributed by atoms with Gasteiger partial charge in [-0.25, -0.2) is 0 Å². The summed E-state index contributed by atoms with van der Waals surface area (Å²) in [6.07, 6.45) is 0.433. The number of benzene rings is 1. The number of methoxy groups -OCH3 is 1. The highest BCUT2D eigenvalue weighted by atomic mass is 16.5. The van der Waals surface area contributed by atoms with Gasteiger partial charge in [0.25, 0.3) is 5.91 Å². The molecule has 1 aromatic rings. The highest BCUT2D eigenvalue weighted by molar-refractivity contribution is 5.97. The molecule has 2 fully saturated rings. The third-order valence-corrected chi connectivity index (χ3v) is 5.08. The van der Waals surface area contributed by atoms with Gasteiger partial charge in [0, 0.05) is 32.7 Å². The van der Waals surface area contributed by atoms with Crippen LogP contribution in [-0.4, -0.2) is 68.5 Å². The molecule has 136 valence electrons. The number of aliphatic carboxylic acids is 1. The molecule has 7 nitrogen and oxygen atoms in total. The summed E-state index contributed by atoms with van der Waals surface area (Å²) in [4.78, 5) is 26.5. The average Bonchev–Trinajstić information content (AvgIpc) is 3.03. The molecule has 1 aromatic carbocycles. The quantitative estimate of drug-likeness (QED) is 0.779. The van der Waals surface area contributed by atoms with Gasteiger partial charge in [-0.15, -0.1) is 0 Å². The smallest absolute Gasteiger partial charge is 0.311 e. The van der Waals surface area contributed by atoms with Crippen LogP contribution in [0.5, 0.6) is 5.75 Å². The SMILES string of the molecule is COCCOc1ccccc1C(=O)N1C[C@H]2COCC[C@@]2(C(=O)O)C1. The van der Waals surface area contributed by atoms with Crippen LogP contribution in [0.1, 0.15) is 16.8 Å². The zero-order chi connectivity index (χ0) is 17.9. The molecule has 0 spiro atoms. The summed E-state index contributed by atoms with van der Waals surface area (Å²) in [6.45, 7) is 2.16. The molecule has 1 N–H and O–H groups in total. The standard InChI is InChI=1S/C18H23NO6/c1-23-8-9-25-15-5-3-2-4-14(15)16(20)19-10-13-11-24-7-6-18(13,12-19)17(21)22/h2-5,13H,6-12H2,1H3,(H,21,22)/t13-,18+/m0/s1. The third-order valence-electron chi connectivity index (χ3n) is 5.08. The molecule has 2 saturated heterocycles. The van der Waals surface area contributed by atoms with Gasteiger partial charge in [-0.1, -0.05) is 12.1 Å². The van der Waals surface area contributed by atoms with E-state index < -0.39 is 11.4 Å². The van der Waals surface area contributed by atoms with Crippen molar-refractivity contribution in [3.05, 3.63) is 29.8 Å². The Hall–Kier alpha value is -2.12. The van der Waals surface area contributed by atoms with Crippen molar-refractivity contribution in [3.8, 4) is 5.75 Å². The van der Waals surface area contributed by atoms with E-state index in [-0.39, 0.29) is 18.4 Å². The lowest BCUT2D eigenvalue weighted by Crippen LogP contribution is -2.45. The Bertz CT molecular complexity index is 648. The van der Waals surface area contributed by atoms with Gasteiger partial charge in [-0.2, -0.15) is 0 Å². The maximum atomic E-state index is 13.0. The largest absolute Gasteiger partial charge is 0.490 e. The molecule has 7 heteroatoms. The zero-order valence-corrected chi connectivity index (χ0v) is 14.3. The van der Waals surface area contributed by atoms with Gasteiger partial charge < -0.3 is 24.2 Å². The molecule has 0 radical (unpaired) electrons. The molecule has 3 rings (SSSR count). The fraction of sp³-hybridized carbons (Fsp3) is 0.556. The van der Waals surface area contributed by atoms with E-state index in [1.54, 1.807) is 36.3 Å². The van der Waals surface area contributed by atoms with E-state index in [1.807, 2.05) is 0 Å². The van der Waals surface area contributed by atoms with Gasteiger partial charge in [-0.05, 0) is 18.6 Å². The molecule has 25 heavy (non-hydrogen) atoms. The maximum absolute atomic E-state index is 13.0. The fourth-order valence-corrected chi connectivity index (χ4v) is 3.63. The predicted octanol–water partition coefficient (Wildman–Crippen LogP) is 1.28. The van der Waals surface area contributed by atoms with Crippen molar-refractivity contribution in [1.82, 2.24) is 4.90 Å². The van der Waals surface area contributed by atoms with Crippen LogP contribution in [-0.2, 0) is 14.3 Å². The monoisotopic (exact) mass is 349 g/mol. The van der Waals surface area contributed by atoms with E-state index in [0.29, 0.717) is 50.7 Å². The highest BCUT2D eigenvalue weighted by Crippen LogP contribution is 2.43. The summed E-state index contributed by atoms with van der Waals surface area (Å²) in [5.41, 5.74) is -0.460. The van der Waals surface area contributed by atoms with Crippen molar-refractivity contribution in [1.29, 1.82) is 0 Å². The number of likely N-dealkylation sites (tertiary alicyclic amines) is 1. The van der Waals surface area contributed by atoms with Crippen molar-refractivity contribution in [2.75, 3.05) is 46.6 Å². The Labute approximate surface area is 146 Å². The number of para-hydroxylation sites is 1. The van der Waals surface area contributed by atoms with E-state index >= 15 is 0 Å². The number of hydrogen-bond acceptors (Lipinski definition) is 5. The van der Waals surface area contributed by atoms with Crippen LogP contribution in [0, 0.1) is 11.3 Å². The topological polar surface area (TPSA) is 85.3 Å². The summed E-state index contributed by atoms with van der Waals surface area (Å²) in [6, 6.07) is 7.02. The van der Waals surface area contributed by atoms with Gasteiger partial charge in [0.2, 0.25) is 0 Å². The molecule has 2 atom stereocenters. The van der Waals surface area contributed by atoms with Gasteiger partial charge in [0.15, 0.2) is 0 Å². The lowest BCUT2D eigenvalue weighted by Gasteiger charge is -2.33. The molecule has 0 saturated carbocycles. The minimum absolute atomic E-state index is 0.177. The minimum Gasteiger partial charge on any atom is -0.490 e. The van der Waals surface area contributed by atoms with E-state index in [0.717, 1.165) is 0 Å². The molecule has 0 bridgehead atoms. The van der Waals surface area contributed by atoms with Crippen molar-refractivity contribution in [2.45, 2.75) is 6.42 Å². The summed E-state index contributed by atoms with van der Waals surface area (Å²) < 4.78 is 16.0.